The molecule has 0 fully saturated rings. The summed E-state index contributed by atoms with van der Waals surface area (Å²) < 4.78 is 27.3. The topological polar surface area (TPSA) is 0 Å². The van der Waals surface area contributed by atoms with Crippen LogP contribution in [0, 0.1) is 18.6 Å². The number of hydrogen-bond donors (Lipinski definition) is 0. The van der Waals surface area contributed by atoms with Crippen LogP contribution in [-0.2, 0) is 6.42 Å². The van der Waals surface area contributed by atoms with Gasteiger partial charge in [-0.05, 0) is 42.2 Å². The number of halogens is 4. The monoisotopic (exact) mass is 344 g/mol. The quantitative estimate of drug-likeness (QED) is 0.639. The van der Waals surface area contributed by atoms with E-state index >= 15 is 0 Å². The molecule has 0 aliphatic carbocycles. The van der Waals surface area contributed by atoms with Crippen LogP contribution in [0.5, 0.6) is 0 Å². The van der Waals surface area contributed by atoms with E-state index in [1.165, 1.54) is 12.1 Å². The number of hydrogen-bond acceptors (Lipinski definition) is 0. The van der Waals surface area contributed by atoms with Crippen LogP contribution in [-0.4, -0.2) is 0 Å². The van der Waals surface area contributed by atoms with E-state index in [1.807, 2.05) is 25.1 Å². The summed E-state index contributed by atoms with van der Waals surface area (Å²) in [5, 5.41) is -0.366. The number of rotatable bonds is 3. The molecule has 0 aromatic heterocycles. The van der Waals surface area contributed by atoms with E-state index in [2.05, 4.69) is 15.9 Å². The molecule has 1 unspecified atom stereocenters. The maximum absolute atomic E-state index is 13.6. The molecule has 4 heteroatoms. The van der Waals surface area contributed by atoms with Crippen molar-refractivity contribution in [3.8, 4) is 0 Å². The molecule has 0 aliphatic heterocycles. The van der Waals surface area contributed by atoms with Crippen LogP contribution in [0.15, 0.2) is 40.9 Å². The lowest BCUT2D eigenvalue weighted by molar-refractivity contribution is 0.570. The maximum atomic E-state index is 13.6. The van der Waals surface area contributed by atoms with E-state index in [-0.39, 0.29) is 5.38 Å². The smallest absolute Gasteiger partial charge is 0.129 e. The lowest BCUT2D eigenvalue weighted by atomic mass is 10.0. The fourth-order valence-corrected chi connectivity index (χ4v) is 3.13. The van der Waals surface area contributed by atoms with Gasteiger partial charge in [0.25, 0.3) is 0 Å². The van der Waals surface area contributed by atoms with Gasteiger partial charge >= 0.3 is 0 Å². The first-order chi connectivity index (χ1) is 8.97. The molecule has 0 spiro atoms. The van der Waals surface area contributed by atoms with E-state index in [0.29, 0.717) is 12.0 Å². The van der Waals surface area contributed by atoms with Crippen molar-refractivity contribution in [3.05, 3.63) is 69.2 Å². The molecule has 0 bridgehead atoms. The van der Waals surface area contributed by atoms with Crippen molar-refractivity contribution in [2.45, 2.75) is 18.7 Å². The zero-order valence-electron chi connectivity index (χ0n) is 10.3. The third kappa shape index (κ3) is 3.54. The van der Waals surface area contributed by atoms with Crippen molar-refractivity contribution in [2.24, 2.45) is 0 Å². The van der Waals surface area contributed by atoms with Gasteiger partial charge < -0.3 is 0 Å². The summed E-state index contributed by atoms with van der Waals surface area (Å²) in [6.45, 7) is 1.98. The highest BCUT2D eigenvalue weighted by Gasteiger charge is 2.15. The molecule has 0 saturated heterocycles. The summed E-state index contributed by atoms with van der Waals surface area (Å²) in [6.07, 6.45) is 0.315. The Kier molecular flexibility index (Phi) is 4.58. The fourth-order valence-electron chi connectivity index (χ4n) is 1.88. The summed E-state index contributed by atoms with van der Waals surface area (Å²) >= 11 is 9.77. The van der Waals surface area contributed by atoms with Crippen LogP contribution >= 0.6 is 27.5 Å². The minimum Gasteiger partial charge on any atom is -0.207 e. The van der Waals surface area contributed by atoms with Crippen molar-refractivity contribution in [1.29, 1.82) is 0 Å². The normalized spacial score (nSPS) is 12.5. The van der Waals surface area contributed by atoms with Crippen molar-refractivity contribution < 1.29 is 8.78 Å². The molecular weight excluding hydrogens is 334 g/mol. The van der Waals surface area contributed by atoms with Crippen LogP contribution in [0.25, 0.3) is 0 Å². The maximum Gasteiger partial charge on any atom is 0.129 e. The Morgan fingerprint density at radius 1 is 1.16 bits per heavy atom. The van der Waals surface area contributed by atoms with Gasteiger partial charge in [0.1, 0.15) is 11.6 Å². The summed E-state index contributed by atoms with van der Waals surface area (Å²) in [7, 11) is 0. The molecule has 2 rings (SSSR count). The van der Waals surface area contributed by atoms with Crippen LogP contribution in [0.4, 0.5) is 8.78 Å². The van der Waals surface area contributed by atoms with Crippen LogP contribution in [0.2, 0.25) is 0 Å². The van der Waals surface area contributed by atoms with E-state index in [9.17, 15) is 8.78 Å². The SMILES string of the molecule is Cc1ccc(C(Cl)Cc2ccc(F)cc2F)c(Br)c1. The Morgan fingerprint density at radius 3 is 2.53 bits per heavy atom. The molecule has 100 valence electrons. The molecule has 0 saturated carbocycles. The standard InChI is InChI=1S/C15H12BrClF2/c1-9-2-5-12(13(16)6-9)14(17)7-10-3-4-11(18)8-15(10)19/h2-6,8,14H,7H2,1H3. The Labute approximate surface area is 124 Å². The molecular formula is C15H12BrClF2. The van der Waals surface area contributed by atoms with Gasteiger partial charge in [-0.1, -0.05) is 34.1 Å². The van der Waals surface area contributed by atoms with Crippen LogP contribution < -0.4 is 0 Å². The van der Waals surface area contributed by atoms with Crippen LogP contribution in [0.1, 0.15) is 22.1 Å². The second-order valence-corrected chi connectivity index (χ2v) is 5.81. The van der Waals surface area contributed by atoms with Crippen molar-refractivity contribution >= 4 is 27.5 Å². The summed E-state index contributed by atoms with van der Waals surface area (Å²) in [5.41, 5.74) is 2.43. The number of aryl methyl sites for hydroxylation is 1. The van der Waals surface area contributed by atoms with Gasteiger partial charge in [-0.2, -0.15) is 0 Å². The third-order valence-corrected chi connectivity index (χ3v) is 3.98. The third-order valence-electron chi connectivity index (χ3n) is 2.91. The highest BCUT2D eigenvalue weighted by Crippen LogP contribution is 2.32. The lowest BCUT2D eigenvalue weighted by Crippen LogP contribution is -2.00. The Hall–Kier alpha value is -0.930. The molecule has 0 N–H and O–H groups in total. The first-order valence-corrected chi connectivity index (χ1v) is 7.04. The fraction of sp³-hybridized carbons (Fsp3) is 0.200. The van der Waals surface area contributed by atoms with Gasteiger partial charge in [0, 0.05) is 10.5 Å². The number of alkyl halides is 1. The molecule has 19 heavy (non-hydrogen) atoms. The minimum atomic E-state index is -0.580. The lowest BCUT2D eigenvalue weighted by Gasteiger charge is -2.13. The number of benzene rings is 2. The van der Waals surface area contributed by atoms with Gasteiger partial charge in [0.05, 0.1) is 5.38 Å². The van der Waals surface area contributed by atoms with E-state index in [1.54, 1.807) is 0 Å². The molecule has 2 aromatic rings. The molecule has 2 aromatic carbocycles. The van der Waals surface area contributed by atoms with Gasteiger partial charge in [-0.15, -0.1) is 11.6 Å². The molecule has 1 atom stereocenters. The average Bonchev–Trinajstić information content (AvgIpc) is 2.32. The van der Waals surface area contributed by atoms with E-state index < -0.39 is 11.6 Å². The van der Waals surface area contributed by atoms with Crippen molar-refractivity contribution in [3.63, 3.8) is 0 Å². The van der Waals surface area contributed by atoms with E-state index in [0.717, 1.165) is 21.7 Å². The Morgan fingerprint density at radius 2 is 1.89 bits per heavy atom. The van der Waals surface area contributed by atoms with Gasteiger partial charge in [0.2, 0.25) is 0 Å². The van der Waals surface area contributed by atoms with Gasteiger partial charge in [0.15, 0.2) is 0 Å². The van der Waals surface area contributed by atoms with Crippen LogP contribution in [0.3, 0.4) is 0 Å². The molecule has 0 radical (unpaired) electrons. The first-order valence-electron chi connectivity index (χ1n) is 5.81. The minimum absolute atomic E-state index is 0.315. The molecule has 0 nitrogen and oxygen atoms in total. The molecule has 0 amide bonds. The largest absolute Gasteiger partial charge is 0.207 e. The first kappa shape index (κ1) is 14.5. The summed E-state index contributed by atoms with van der Waals surface area (Å²) in [5.74, 6) is -1.14. The molecule has 0 aliphatic rings. The predicted molar refractivity (Wildman–Crippen MR) is 77.5 cm³/mol. The Balaban J connectivity index is 2.23. The molecule has 0 heterocycles. The van der Waals surface area contributed by atoms with Crippen molar-refractivity contribution in [2.75, 3.05) is 0 Å². The summed E-state index contributed by atoms with van der Waals surface area (Å²) in [6, 6.07) is 9.39. The van der Waals surface area contributed by atoms with Gasteiger partial charge in [-0.25, -0.2) is 8.78 Å². The second-order valence-electron chi connectivity index (χ2n) is 4.43. The highest BCUT2D eigenvalue weighted by atomic mass is 79.9. The van der Waals surface area contributed by atoms with Crippen molar-refractivity contribution in [1.82, 2.24) is 0 Å². The zero-order valence-corrected chi connectivity index (χ0v) is 12.6. The second kappa shape index (κ2) is 6.02. The Bertz CT molecular complexity index is 599. The predicted octanol–water partition coefficient (Wildman–Crippen LogP) is 5.56. The highest BCUT2D eigenvalue weighted by molar-refractivity contribution is 9.10. The zero-order chi connectivity index (χ0) is 14.0. The van der Waals surface area contributed by atoms with E-state index in [4.69, 9.17) is 11.6 Å². The summed E-state index contributed by atoms with van der Waals surface area (Å²) in [4.78, 5) is 0. The average molecular weight is 346 g/mol. The van der Waals surface area contributed by atoms with Gasteiger partial charge in [-0.3, -0.25) is 0 Å².